The van der Waals surface area contributed by atoms with Crippen LogP contribution < -0.4 is 19.6 Å². The third-order valence-electron chi connectivity index (χ3n) is 19.3. The summed E-state index contributed by atoms with van der Waals surface area (Å²) in [7, 11) is 2.70. The van der Waals surface area contributed by atoms with Gasteiger partial charge in [-0.25, -0.2) is 0 Å². The molecule has 4 saturated carbocycles. The predicted octanol–water partition coefficient (Wildman–Crippen LogP) is 23.6. The van der Waals surface area contributed by atoms with Gasteiger partial charge in [-0.3, -0.25) is 0 Å². The second-order valence-corrected chi connectivity index (χ2v) is 29.7. The van der Waals surface area contributed by atoms with E-state index < -0.39 is 0 Å². The summed E-state index contributed by atoms with van der Waals surface area (Å²) in [4.78, 5) is 0. The molecule has 4 nitrogen and oxygen atoms in total. The molecule has 0 amide bonds. The number of hydrogen-bond donors (Lipinski definition) is 2. The van der Waals surface area contributed by atoms with E-state index in [1.807, 2.05) is 12.1 Å². The van der Waals surface area contributed by atoms with Crippen molar-refractivity contribution in [1.82, 2.24) is 0 Å². The molecular formula is C78H92N2O2P2. The average molecular weight is 1150 g/mol. The molecule has 0 atom stereocenters. The van der Waals surface area contributed by atoms with E-state index in [4.69, 9.17) is 9.47 Å². The van der Waals surface area contributed by atoms with Gasteiger partial charge in [-0.2, -0.15) is 0 Å². The highest BCUT2D eigenvalue weighted by Gasteiger charge is 2.36. The number of methoxy groups -OCH3 is 2. The average Bonchev–Trinajstić information content (AvgIpc) is 3.68. The van der Waals surface area contributed by atoms with Gasteiger partial charge in [0, 0.05) is 33.4 Å². The van der Waals surface area contributed by atoms with Crippen molar-refractivity contribution >= 4 is 27.5 Å². The van der Waals surface area contributed by atoms with Crippen LogP contribution in [0.5, 0.6) is 11.5 Å². The van der Waals surface area contributed by atoms with E-state index in [1.54, 1.807) is 14.2 Å². The van der Waals surface area contributed by atoms with Crippen LogP contribution in [0.15, 0.2) is 170 Å². The van der Waals surface area contributed by atoms with Crippen molar-refractivity contribution in [2.24, 2.45) is 0 Å². The summed E-state index contributed by atoms with van der Waals surface area (Å²) in [6, 6.07) is 61.8. The van der Waals surface area contributed by atoms with E-state index in [-0.39, 0.29) is 16.1 Å². The van der Waals surface area contributed by atoms with Gasteiger partial charge >= 0.3 is 0 Å². The molecule has 8 aromatic carbocycles. The van der Waals surface area contributed by atoms with Crippen molar-refractivity contribution in [3.8, 4) is 78.3 Å². The van der Waals surface area contributed by atoms with Crippen LogP contribution in [0.1, 0.15) is 151 Å². The number of anilines is 2. The first-order valence-corrected chi connectivity index (χ1v) is 35.2. The lowest BCUT2D eigenvalue weighted by Crippen LogP contribution is -2.25. The van der Waals surface area contributed by atoms with E-state index in [0.29, 0.717) is 0 Å². The van der Waals surface area contributed by atoms with Crippen molar-refractivity contribution < 1.29 is 9.47 Å². The Hall–Kier alpha value is -6.18. The zero-order valence-electron chi connectivity index (χ0n) is 51.3. The molecular weight excluding hydrogens is 1060 g/mol. The topological polar surface area (TPSA) is 42.5 Å². The van der Waals surface area contributed by atoms with E-state index in [2.05, 4.69) is 196 Å². The van der Waals surface area contributed by atoms with Gasteiger partial charge in [0.2, 0.25) is 0 Å². The lowest BCUT2D eigenvalue weighted by Gasteiger charge is -2.41. The summed E-state index contributed by atoms with van der Waals surface area (Å²) >= 11 is 0. The second-order valence-electron chi connectivity index (χ2n) is 24.7. The highest BCUT2D eigenvalue weighted by Crippen LogP contribution is 2.61. The van der Waals surface area contributed by atoms with Crippen LogP contribution in [0.25, 0.3) is 66.8 Å². The molecule has 84 heavy (non-hydrogen) atoms. The number of aryl methyl sites for hydroxylation is 2. The Morgan fingerprint density at radius 3 is 0.833 bits per heavy atom. The quantitative estimate of drug-likeness (QED) is 0.0947. The summed E-state index contributed by atoms with van der Waals surface area (Å²) < 4.78 is 11.6. The standard InChI is InChI=1S/C50H66N2P2.C28H26O2/c1-37-33-35-45(39-21-9-3-10-22-39)49(51-53(41-25-13-5-14-26-41)42-27-15-6-16-28-42)47(37)48-38(2)34-36-46(40-23-11-4-12-24-40)50(48)52-54(43-29-17-7-18-30-43)44-31-19-8-20-32-44;1-19-23(21-11-7-5-8-12-21)15-17-25(29-3)27(19)28-20(2)24(16-18-26(28)30-4)22-13-9-6-10-14-22/h3-4,9-12,21-24,33-36,41-44,51-52H,5-8,13-20,25-32H2,1-2H3;5-18H,1-4H3. The molecule has 2 N–H and O–H groups in total. The van der Waals surface area contributed by atoms with Crippen LogP contribution in [0, 0.1) is 27.7 Å². The maximum Gasteiger partial charge on any atom is 0.127 e. The van der Waals surface area contributed by atoms with Crippen molar-refractivity contribution in [3.63, 3.8) is 0 Å². The number of hydrogen-bond acceptors (Lipinski definition) is 4. The summed E-state index contributed by atoms with van der Waals surface area (Å²) in [6.07, 6.45) is 28.1. The van der Waals surface area contributed by atoms with E-state index in [9.17, 15) is 0 Å². The first-order valence-electron chi connectivity index (χ1n) is 32.3. The Morgan fingerprint density at radius 2 is 0.560 bits per heavy atom. The maximum absolute atomic E-state index is 5.82. The van der Waals surface area contributed by atoms with Gasteiger partial charge in [0.25, 0.3) is 0 Å². The lowest BCUT2D eigenvalue weighted by atomic mass is 9.86. The van der Waals surface area contributed by atoms with Gasteiger partial charge in [0.1, 0.15) is 11.5 Å². The number of ether oxygens (including phenoxy) is 2. The Morgan fingerprint density at radius 1 is 0.298 bits per heavy atom. The largest absolute Gasteiger partial charge is 0.496 e. The minimum atomic E-state index is -0.373. The summed E-state index contributed by atoms with van der Waals surface area (Å²) in [6.45, 7) is 9.13. The molecule has 8 aromatic rings. The van der Waals surface area contributed by atoms with Crippen LogP contribution in [0.4, 0.5) is 11.4 Å². The van der Waals surface area contributed by atoms with Crippen molar-refractivity contribution in [3.05, 3.63) is 192 Å². The third-order valence-corrected chi connectivity index (χ3v) is 25.5. The van der Waals surface area contributed by atoms with Gasteiger partial charge in [-0.05, 0) is 186 Å². The van der Waals surface area contributed by atoms with Crippen LogP contribution in [-0.4, -0.2) is 36.9 Å². The van der Waals surface area contributed by atoms with E-state index >= 15 is 0 Å². The summed E-state index contributed by atoms with van der Waals surface area (Å²) in [5.41, 5.74) is 26.5. The molecule has 4 aliphatic rings. The SMILES string of the molecule is COc1ccc(-c2ccccc2)c(C)c1-c1c(OC)ccc(-c2ccccc2)c1C.Cc1ccc(-c2ccccc2)c(NP(C2CCCCC2)C2CCCCC2)c1-c1c(C)ccc(-c2ccccc2)c1NP(C1CCCCC1)C1CCCCC1. The maximum atomic E-state index is 5.82. The van der Waals surface area contributed by atoms with Crippen LogP contribution in [-0.2, 0) is 0 Å². The number of rotatable bonds is 16. The van der Waals surface area contributed by atoms with Crippen molar-refractivity contribution in [2.45, 2.75) is 179 Å². The second kappa shape index (κ2) is 28.8. The predicted molar refractivity (Wildman–Crippen MR) is 366 cm³/mol. The fourth-order valence-corrected chi connectivity index (χ4v) is 21.4. The lowest BCUT2D eigenvalue weighted by molar-refractivity contribution is 0.410. The molecule has 0 spiro atoms. The molecule has 6 heteroatoms. The molecule has 4 fully saturated rings. The van der Waals surface area contributed by atoms with Crippen LogP contribution in [0.3, 0.4) is 0 Å². The minimum absolute atomic E-state index is 0.373. The first-order chi connectivity index (χ1) is 41.3. The zero-order chi connectivity index (χ0) is 57.8. The first kappa shape index (κ1) is 59.5. The number of benzene rings is 8. The van der Waals surface area contributed by atoms with Gasteiger partial charge < -0.3 is 19.6 Å². The van der Waals surface area contributed by atoms with Gasteiger partial charge in [-0.1, -0.05) is 235 Å². The Kier molecular flexibility index (Phi) is 20.4. The molecule has 0 aliphatic heterocycles. The smallest absolute Gasteiger partial charge is 0.127 e. The van der Waals surface area contributed by atoms with Crippen molar-refractivity contribution in [2.75, 3.05) is 24.4 Å². The van der Waals surface area contributed by atoms with Gasteiger partial charge in [-0.15, -0.1) is 0 Å². The molecule has 436 valence electrons. The van der Waals surface area contributed by atoms with E-state index in [1.165, 1.54) is 218 Å². The highest BCUT2D eigenvalue weighted by atomic mass is 31.1. The summed E-state index contributed by atoms with van der Waals surface area (Å²) in [5.74, 6) is 1.69. The van der Waals surface area contributed by atoms with Gasteiger partial charge in [0.05, 0.1) is 25.6 Å². The normalized spacial score (nSPS) is 16.5. The number of nitrogens with one attached hydrogen (secondary N) is 2. The Labute approximate surface area is 507 Å². The summed E-state index contributed by atoms with van der Waals surface area (Å²) in [5, 5.41) is 9.26. The fourth-order valence-electron chi connectivity index (χ4n) is 14.9. The fraction of sp³-hybridized carbons (Fsp3) is 0.385. The molecule has 0 saturated heterocycles. The van der Waals surface area contributed by atoms with Crippen molar-refractivity contribution in [1.29, 1.82) is 0 Å². The minimum Gasteiger partial charge on any atom is -0.496 e. The van der Waals surface area contributed by atoms with Crippen LogP contribution in [0.2, 0.25) is 0 Å². The zero-order valence-corrected chi connectivity index (χ0v) is 53.1. The molecule has 0 unspecified atom stereocenters. The molecule has 0 radical (unpaired) electrons. The van der Waals surface area contributed by atoms with Gasteiger partial charge in [0.15, 0.2) is 0 Å². The highest BCUT2D eigenvalue weighted by molar-refractivity contribution is 7.61. The Balaban J connectivity index is 0.000000207. The molecule has 0 bridgehead atoms. The molecule has 0 heterocycles. The van der Waals surface area contributed by atoms with Crippen LogP contribution >= 0.6 is 16.1 Å². The Bertz CT molecular complexity index is 3130. The molecule has 4 aliphatic carbocycles. The molecule has 0 aromatic heterocycles. The third kappa shape index (κ3) is 13.4. The monoisotopic (exact) mass is 1150 g/mol. The van der Waals surface area contributed by atoms with E-state index in [0.717, 1.165) is 45.3 Å². The molecule has 12 rings (SSSR count).